The van der Waals surface area contributed by atoms with Gasteiger partial charge in [-0.05, 0) is 12.1 Å². The number of Topliss-reactive ketones (excluding diaryl/α,β-unsaturated/α-hetero) is 1. The molecule has 0 unspecified atom stereocenters. The van der Waals surface area contributed by atoms with Crippen molar-refractivity contribution in [2.75, 3.05) is 0 Å². The lowest BCUT2D eigenvalue weighted by atomic mass is 10.1. The summed E-state index contributed by atoms with van der Waals surface area (Å²) in [5.74, 6) is 0.992. The van der Waals surface area contributed by atoms with Crippen molar-refractivity contribution in [3.05, 3.63) is 48.2 Å². The summed E-state index contributed by atoms with van der Waals surface area (Å²) < 4.78 is 5.26. The van der Waals surface area contributed by atoms with Gasteiger partial charge in [0.1, 0.15) is 5.76 Å². The second-order valence-corrected chi connectivity index (χ2v) is 3.33. The molecule has 0 aliphatic carbocycles. The molecular weight excluding hydrogens is 188 g/mol. The fourth-order valence-corrected chi connectivity index (χ4v) is 1.47. The van der Waals surface area contributed by atoms with Crippen LogP contribution in [-0.4, -0.2) is 5.78 Å². The minimum atomic E-state index is 0.168. The normalized spacial score (nSPS) is 10.2. The van der Waals surface area contributed by atoms with Crippen molar-refractivity contribution in [3.8, 4) is 11.3 Å². The minimum Gasteiger partial charge on any atom is -0.464 e. The van der Waals surface area contributed by atoms with Crippen LogP contribution in [0.4, 0.5) is 0 Å². The van der Waals surface area contributed by atoms with Gasteiger partial charge in [-0.1, -0.05) is 31.2 Å². The topological polar surface area (TPSA) is 30.2 Å². The van der Waals surface area contributed by atoms with E-state index in [4.69, 9.17) is 4.42 Å². The van der Waals surface area contributed by atoms with Gasteiger partial charge in [0.25, 0.3) is 0 Å². The molecule has 0 atom stereocenters. The molecule has 2 aromatic rings. The van der Waals surface area contributed by atoms with Crippen LogP contribution in [0.2, 0.25) is 0 Å². The van der Waals surface area contributed by atoms with Crippen LogP contribution in [-0.2, 0) is 0 Å². The van der Waals surface area contributed by atoms with E-state index in [0.717, 1.165) is 16.9 Å². The van der Waals surface area contributed by atoms with Crippen molar-refractivity contribution >= 4 is 5.78 Å². The summed E-state index contributed by atoms with van der Waals surface area (Å²) in [5, 5.41) is 0. The van der Waals surface area contributed by atoms with Crippen LogP contribution in [0, 0.1) is 0 Å². The SMILES string of the molecule is CCC(=O)c1ccc(-c2ccco2)cc1. The maximum Gasteiger partial charge on any atom is 0.162 e. The fourth-order valence-electron chi connectivity index (χ4n) is 1.47. The summed E-state index contributed by atoms with van der Waals surface area (Å²) in [6.45, 7) is 1.86. The van der Waals surface area contributed by atoms with Gasteiger partial charge in [-0.25, -0.2) is 0 Å². The van der Waals surface area contributed by atoms with Gasteiger partial charge in [-0.2, -0.15) is 0 Å². The highest BCUT2D eigenvalue weighted by atomic mass is 16.3. The molecule has 76 valence electrons. The lowest BCUT2D eigenvalue weighted by molar-refractivity contribution is 0.0988. The van der Waals surface area contributed by atoms with Crippen LogP contribution in [0.15, 0.2) is 47.1 Å². The number of carbonyl (C=O) groups excluding carboxylic acids is 1. The Hall–Kier alpha value is -1.83. The van der Waals surface area contributed by atoms with E-state index in [1.165, 1.54) is 0 Å². The van der Waals surface area contributed by atoms with Crippen molar-refractivity contribution < 1.29 is 9.21 Å². The lowest BCUT2D eigenvalue weighted by Crippen LogP contribution is -1.95. The van der Waals surface area contributed by atoms with Gasteiger partial charge >= 0.3 is 0 Å². The van der Waals surface area contributed by atoms with Crippen molar-refractivity contribution in [1.29, 1.82) is 0 Å². The van der Waals surface area contributed by atoms with Crippen molar-refractivity contribution in [1.82, 2.24) is 0 Å². The fraction of sp³-hybridized carbons (Fsp3) is 0.154. The van der Waals surface area contributed by atoms with E-state index in [1.54, 1.807) is 6.26 Å². The monoisotopic (exact) mass is 200 g/mol. The summed E-state index contributed by atoms with van der Waals surface area (Å²) in [7, 11) is 0. The van der Waals surface area contributed by atoms with Crippen molar-refractivity contribution in [3.63, 3.8) is 0 Å². The third-order valence-corrected chi connectivity index (χ3v) is 2.33. The quantitative estimate of drug-likeness (QED) is 0.709. The van der Waals surface area contributed by atoms with Gasteiger partial charge in [0.2, 0.25) is 0 Å². The Labute approximate surface area is 88.5 Å². The molecule has 1 heterocycles. The molecule has 0 fully saturated rings. The Morgan fingerprint density at radius 3 is 2.47 bits per heavy atom. The number of benzene rings is 1. The van der Waals surface area contributed by atoms with Gasteiger partial charge in [-0.3, -0.25) is 4.79 Å². The Bertz CT molecular complexity index is 438. The highest BCUT2D eigenvalue weighted by Crippen LogP contribution is 2.20. The predicted octanol–water partition coefficient (Wildman–Crippen LogP) is 3.54. The summed E-state index contributed by atoms with van der Waals surface area (Å²) in [6, 6.07) is 11.2. The van der Waals surface area contributed by atoms with Crippen LogP contribution < -0.4 is 0 Å². The van der Waals surface area contributed by atoms with E-state index in [2.05, 4.69) is 0 Å². The molecule has 0 bridgehead atoms. The van der Waals surface area contributed by atoms with E-state index in [0.29, 0.717) is 6.42 Å². The van der Waals surface area contributed by atoms with E-state index < -0.39 is 0 Å². The van der Waals surface area contributed by atoms with Gasteiger partial charge in [0, 0.05) is 17.5 Å². The molecule has 2 heteroatoms. The first-order chi connectivity index (χ1) is 7.31. The Kier molecular flexibility index (Phi) is 2.68. The number of carbonyl (C=O) groups is 1. The molecule has 1 aromatic heterocycles. The smallest absolute Gasteiger partial charge is 0.162 e. The highest BCUT2D eigenvalue weighted by Gasteiger charge is 2.04. The van der Waals surface area contributed by atoms with Crippen molar-refractivity contribution in [2.24, 2.45) is 0 Å². The van der Waals surface area contributed by atoms with Gasteiger partial charge in [0.05, 0.1) is 6.26 Å². The number of furan rings is 1. The molecule has 0 amide bonds. The number of ketones is 1. The number of hydrogen-bond acceptors (Lipinski definition) is 2. The average Bonchev–Trinajstić information content (AvgIpc) is 2.82. The molecule has 0 spiro atoms. The molecular formula is C13H12O2. The minimum absolute atomic E-state index is 0.168. The molecule has 0 saturated heterocycles. The zero-order valence-electron chi connectivity index (χ0n) is 8.57. The molecule has 0 N–H and O–H groups in total. The Morgan fingerprint density at radius 1 is 1.20 bits per heavy atom. The van der Waals surface area contributed by atoms with Crippen LogP contribution in [0.25, 0.3) is 11.3 Å². The molecule has 0 saturated carbocycles. The van der Waals surface area contributed by atoms with Gasteiger partial charge in [-0.15, -0.1) is 0 Å². The summed E-state index contributed by atoms with van der Waals surface area (Å²) in [4.78, 5) is 11.4. The second-order valence-electron chi connectivity index (χ2n) is 3.33. The van der Waals surface area contributed by atoms with Crippen LogP contribution >= 0.6 is 0 Å². The largest absolute Gasteiger partial charge is 0.464 e. The molecule has 0 aliphatic heterocycles. The number of rotatable bonds is 3. The average molecular weight is 200 g/mol. The van der Waals surface area contributed by atoms with Crippen LogP contribution in [0.3, 0.4) is 0 Å². The first kappa shape index (κ1) is 9.71. The maximum atomic E-state index is 11.4. The third kappa shape index (κ3) is 1.99. The highest BCUT2D eigenvalue weighted by molar-refractivity contribution is 5.96. The van der Waals surface area contributed by atoms with Crippen LogP contribution in [0.5, 0.6) is 0 Å². The Balaban J connectivity index is 2.29. The molecule has 1 aromatic carbocycles. The molecule has 0 aliphatic rings. The zero-order chi connectivity index (χ0) is 10.7. The van der Waals surface area contributed by atoms with Crippen molar-refractivity contribution in [2.45, 2.75) is 13.3 Å². The first-order valence-electron chi connectivity index (χ1n) is 4.98. The Morgan fingerprint density at radius 2 is 1.93 bits per heavy atom. The first-order valence-corrected chi connectivity index (χ1v) is 4.98. The summed E-state index contributed by atoms with van der Waals surface area (Å²) >= 11 is 0. The molecule has 0 radical (unpaired) electrons. The number of hydrogen-bond donors (Lipinski definition) is 0. The summed E-state index contributed by atoms with van der Waals surface area (Å²) in [5.41, 5.74) is 1.75. The van der Waals surface area contributed by atoms with E-state index in [9.17, 15) is 4.79 Å². The third-order valence-electron chi connectivity index (χ3n) is 2.33. The standard InChI is InChI=1S/C13H12O2/c1-2-12(14)10-5-7-11(8-6-10)13-4-3-9-15-13/h3-9H,2H2,1H3. The zero-order valence-corrected chi connectivity index (χ0v) is 8.57. The van der Waals surface area contributed by atoms with E-state index in [-0.39, 0.29) is 5.78 Å². The van der Waals surface area contributed by atoms with Gasteiger partial charge < -0.3 is 4.42 Å². The predicted molar refractivity (Wildman–Crippen MR) is 58.8 cm³/mol. The lowest BCUT2D eigenvalue weighted by Gasteiger charge is -1.99. The second kappa shape index (κ2) is 4.13. The molecule has 2 nitrogen and oxygen atoms in total. The van der Waals surface area contributed by atoms with Gasteiger partial charge in [0.15, 0.2) is 5.78 Å². The molecule has 15 heavy (non-hydrogen) atoms. The summed E-state index contributed by atoms with van der Waals surface area (Å²) in [6.07, 6.45) is 2.18. The van der Waals surface area contributed by atoms with E-state index >= 15 is 0 Å². The van der Waals surface area contributed by atoms with E-state index in [1.807, 2.05) is 43.3 Å². The van der Waals surface area contributed by atoms with Crippen LogP contribution in [0.1, 0.15) is 23.7 Å². The maximum absolute atomic E-state index is 11.4. The molecule has 2 rings (SSSR count).